The van der Waals surface area contributed by atoms with Crippen LogP contribution in [0.2, 0.25) is 0 Å². The number of rotatable bonds is 7. The van der Waals surface area contributed by atoms with E-state index in [1.807, 2.05) is 30.7 Å². The number of benzene rings is 8. The van der Waals surface area contributed by atoms with Crippen molar-refractivity contribution in [1.82, 2.24) is 29.1 Å². The van der Waals surface area contributed by atoms with Gasteiger partial charge in [-0.1, -0.05) is 153 Å². The summed E-state index contributed by atoms with van der Waals surface area (Å²) in [7, 11) is 0. The summed E-state index contributed by atoms with van der Waals surface area (Å²) in [5.41, 5.74) is 21.6. The van der Waals surface area contributed by atoms with Gasteiger partial charge in [0, 0.05) is 35.4 Å². The molecule has 0 fully saturated rings. The van der Waals surface area contributed by atoms with Gasteiger partial charge in [0.25, 0.3) is 0 Å². The van der Waals surface area contributed by atoms with Gasteiger partial charge >= 0.3 is 21.1 Å². The molecule has 354 valence electrons. The van der Waals surface area contributed by atoms with Crippen LogP contribution < -0.4 is 4.98 Å². The van der Waals surface area contributed by atoms with E-state index in [1.54, 1.807) is 0 Å². The van der Waals surface area contributed by atoms with E-state index in [4.69, 9.17) is 15.0 Å². The second-order valence-corrected chi connectivity index (χ2v) is 20.2. The van der Waals surface area contributed by atoms with Gasteiger partial charge in [-0.25, -0.2) is 9.97 Å². The first-order chi connectivity index (χ1) is 35.1. The third-order valence-corrected chi connectivity index (χ3v) is 14.5. The summed E-state index contributed by atoms with van der Waals surface area (Å²) in [6, 6.07) is 67.1. The number of imidazole rings is 1. The number of pyridine rings is 2. The maximum atomic E-state index is 5.73. The van der Waals surface area contributed by atoms with Crippen molar-refractivity contribution in [3.8, 4) is 67.4 Å². The van der Waals surface area contributed by atoms with Crippen LogP contribution in [0.5, 0.6) is 0 Å². The van der Waals surface area contributed by atoms with Gasteiger partial charge in [-0.15, -0.1) is 34.8 Å². The van der Waals surface area contributed by atoms with E-state index >= 15 is 0 Å². The maximum Gasteiger partial charge on any atom is 2.00 e. The summed E-state index contributed by atoms with van der Waals surface area (Å²) >= 11 is 0. The maximum absolute atomic E-state index is 5.73. The summed E-state index contributed by atoms with van der Waals surface area (Å²) in [5, 5.41) is 4.54. The van der Waals surface area contributed by atoms with Crippen molar-refractivity contribution in [1.29, 1.82) is 0 Å². The molecule has 0 radical (unpaired) electrons. The van der Waals surface area contributed by atoms with Crippen molar-refractivity contribution >= 4 is 54.6 Å². The average molecular weight is 1120 g/mol. The van der Waals surface area contributed by atoms with Crippen LogP contribution in [0.4, 0.5) is 0 Å². The van der Waals surface area contributed by atoms with Crippen LogP contribution in [0.1, 0.15) is 43.0 Å². The van der Waals surface area contributed by atoms with Crippen LogP contribution in [0.25, 0.3) is 122 Å². The van der Waals surface area contributed by atoms with E-state index < -0.39 is 0 Å². The average Bonchev–Trinajstić information content (AvgIpc) is 4.09. The molecule has 0 atom stereocenters. The summed E-state index contributed by atoms with van der Waals surface area (Å²) in [6.07, 6.45) is 5.56. The molecule has 5 aromatic heterocycles. The Labute approximate surface area is 439 Å². The van der Waals surface area contributed by atoms with Crippen LogP contribution in [0, 0.1) is 26.8 Å². The largest absolute Gasteiger partial charge is 2.00 e. The molecular formula is C66H50N6Pt. The molecule has 5 heterocycles. The Kier molecular flexibility index (Phi) is 11.2. The van der Waals surface area contributed by atoms with Crippen LogP contribution in [0.3, 0.4) is 0 Å². The van der Waals surface area contributed by atoms with E-state index in [0.29, 0.717) is 0 Å². The normalized spacial score (nSPS) is 11.9. The number of hydrogen-bond acceptors (Lipinski definition) is 3. The molecule has 0 aliphatic heterocycles. The van der Waals surface area contributed by atoms with E-state index in [1.165, 1.54) is 38.9 Å². The minimum absolute atomic E-state index is 0. The van der Waals surface area contributed by atoms with Crippen molar-refractivity contribution in [3.05, 3.63) is 223 Å². The molecule has 0 saturated carbocycles. The van der Waals surface area contributed by atoms with Gasteiger partial charge in [0.15, 0.2) is 0 Å². The Morgan fingerprint density at radius 3 is 2.01 bits per heavy atom. The van der Waals surface area contributed by atoms with Gasteiger partial charge in [0.2, 0.25) is 0 Å². The van der Waals surface area contributed by atoms with E-state index in [9.17, 15) is 0 Å². The topological polar surface area (TPSA) is 62.6 Å². The Hall–Kier alpha value is -8.18. The molecule has 0 N–H and O–H groups in total. The minimum Gasteiger partial charge on any atom is -0.656 e. The molecule has 13 aromatic rings. The van der Waals surface area contributed by atoms with E-state index in [-0.39, 0.29) is 26.5 Å². The molecule has 73 heavy (non-hydrogen) atoms. The van der Waals surface area contributed by atoms with Gasteiger partial charge < -0.3 is 9.55 Å². The fraction of sp³-hybridized carbons (Fsp3) is 0.106. The molecule has 7 heteroatoms. The summed E-state index contributed by atoms with van der Waals surface area (Å²) in [6.45, 7) is 13.5. The quantitative estimate of drug-likeness (QED) is 0.149. The molecule has 0 amide bonds. The number of hydrogen-bond donors (Lipinski definition) is 0. The van der Waals surface area contributed by atoms with Gasteiger partial charge in [0.1, 0.15) is 11.6 Å². The second-order valence-electron chi connectivity index (χ2n) is 20.2. The standard InChI is InChI=1S/C66H50N6.Pt/c1-40-34-41(2)61(42(3)35-40)52-24-25-53(64-62(52)55-39-48(66(4,5)6)22-26-56(55)69-64)65-70-63-50(18-13-19-58(63)71(65)49-16-11-8-12-17-49)47-20-23-51-54-36-45(43-14-9-7-10-15-43)21-27-57(54)72(59(51)37-47)60-38-46(30-33-68-60)44-28-31-67-32-29-44;/h7-36,38-39H,1-6H3;/q-2;+2. The number of aromatic nitrogens is 6. The molecule has 0 aliphatic rings. The number of para-hydroxylation sites is 2. The van der Waals surface area contributed by atoms with Gasteiger partial charge in [-0.05, 0) is 146 Å². The number of aryl methyl sites for hydroxylation is 3. The fourth-order valence-corrected chi connectivity index (χ4v) is 11.1. The number of nitrogens with zero attached hydrogens (tertiary/aromatic N) is 6. The summed E-state index contributed by atoms with van der Waals surface area (Å²) < 4.78 is 4.57. The van der Waals surface area contributed by atoms with Gasteiger partial charge in [-0.2, -0.15) is 0 Å². The Bertz CT molecular complexity index is 4250. The SMILES string of the molecule is Cc1cc(C)c(-c2ccc(-c3nc4c(-c5[c-]c6c(cc5)c5cc(-c7ccccc7)ccc5n6-c5cc(-c6ccncc6)ccn5)cccc4n3-c3ccccc3)c3[n-]c4ccc(C(C)(C)C)cc4c23)c(C)c1.[Pt+2]. The summed E-state index contributed by atoms with van der Waals surface area (Å²) in [4.78, 5) is 20.6. The van der Waals surface area contributed by atoms with Crippen molar-refractivity contribution in [2.24, 2.45) is 0 Å². The molecule has 13 rings (SSSR count). The van der Waals surface area contributed by atoms with Crippen molar-refractivity contribution in [2.45, 2.75) is 47.0 Å². The van der Waals surface area contributed by atoms with Crippen LogP contribution in [-0.2, 0) is 26.5 Å². The smallest absolute Gasteiger partial charge is 0.656 e. The Balaban J connectivity index is 0.00000543. The monoisotopic (exact) mass is 1120 g/mol. The van der Waals surface area contributed by atoms with Gasteiger partial charge in [0.05, 0.1) is 11.0 Å². The van der Waals surface area contributed by atoms with E-state index in [0.717, 1.165) is 105 Å². The molecule has 0 unspecified atom stereocenters. The molecular weight excluding hydrogens is 1070 g/mol. The zero-order valence-electron chi connectivity index (χ0n) is 41.5. The van der Waals surface area contributed by atoms with Crippen LogP contribution in [0.15, 0.2) is 195 Å². The first kappa shape index (κ1) is 45.9. The van der Waals surface area contributed by atoms with Crippen LogP contribution in [-0.4, -0.2) is 24.1 Å². The zero-order valence-corrected chi connectivity index (χ0v) is 43.7. The molecule has 6 nitrogen and oxygen atoms in total. The van der Waals surface area contributed by atoms with Crippen molar-refractivity contribution in [2.75, 3.05) is 0 Å². The predicted molar refractivity (Wildman–Crippen MR) is 298 cm³/mol. The molecule has 0 aliphatic carbocycles. The fourth-order valence-electron chi connectivity index (χ4n) is 11.1. The third kappa shape index (κ3) is 7.71. The first-order valence-electron chi connectivity index (χ1n) is 24.7. The summed E-state index contributed by atoms with van der Waals surface area (Å²) in [5.74, 6) is 1.64. The van der Waals surface area contributed by atoms with Crippen molar-refractivity contribution < 1.29 is 21.1 Å². The van der Waals surface area contributed by atoms with Crippen LogP contribution >= 0.6 is 0 Å². The predicted octanol–water partition coefficient (Wildman–Crippen LogP) is 16.5. The molecule has 0 saturated heterocycles. The molecule has 8 aromatic carbocycles. The Morgan fingerprint density at radius 2 is 1.25 bits per heavy atom. The Morgan fingerprint density at radius 1 is 0.534 bits per heavy atom. The van der Waals surface area contributed by atoms with Gasteiger partial charge in [-0.3, -0.25) is 9.55 Å². The van der Waals surface area contributed by atoms with E-state index in [2.05, 4.69) is 226 Å². The molecule has 0 bridgehead atoms. The number of fused-ring (bicyclic) bond motifs is 7. The first-order valence-corrected chi connectivity index (χ1v) is 24.7. The van der Waals surface area contributed by atoms with Crippen molar-refractivity contribution in [3.63, 3.8) is 0 Å². The zero-order chi connectivity index (χ0) is 48.8. The molecule has 0 spiro atoms. The third-order valence-electron chi connectivity index (χ3n) is 14.5. The second kappa shape index (κ2) is 17.8. The minimum atomic E-state index is -0.0386.